The number of nitrogens with two attached hydrogens (primary N) is 1. The summed E-state index contributed by atoms with van der Waals surface area (Å²) in [6, 6.07) is 13.3. The molecular weight excluding hydrogens is 329 g/mol. The van der Waals surface area contributed by atoms with Crippen LogP contribution < -0.4 is 17.7 Å². The van der Waals surface area contributed by atoms with Crippen molar-refractivity contribution < 1.29 is 32.0 Å². The lowest BCUT2D eigenvalue weighted by Crippen LogP contribution is -3.00. The van der Waals surface area contributed by atoms with Crippen LogP contribution in [0.3, 0.4) is 0 Å². The van der Waals surface area contributed by atoms with Gasteiger partial charge in [-0.05, 0) is 31.5 Å². The van der Waals surface area contributed by atoms with Gasteiger partial charge in [0, 0.05) is 5.56 Å². The maximum absolute atomic E-state index is 12.9. The summed E-state index contributed by atoms with van der Waals surface area (Å²) in [7, 11) is 0. The molecule has 24 heavy (non-hydrogen) atoms. The van der Waals surface area contributed by atoms with Gasteiger partial charge in [0.05, 0.1) is 13.0 Å². The van der Waals surface area contributed by atoms with Gasteiger partial charge in [0.2, 0.25) is 0 Å². The van der Waals surface area contributed by atoms with Gasteiger partial charge in [-0.15, -0.1) is 0 Å². The van der Waals surface area contributed by atoms with E-state index in [9.17, 15) is 14.3 Å². The average molecular weight is 352 g/mol. The highest BCUT2D eigenvalue weighted by molar-refractivity contribution is 5.96. The van der Waals surface area contributed by atoms with E-state index in [1.165, 1.54) is 12.1 Å². The van der Waals surface area contributed by atoms with E-state index in [0.29, 0.717) is 18.5 Å². The topological polar surface area (TPSA) is 53.9 Å². The minimum atomic E-state index is -0.690. The summed E-state index contributed by atoms with van der Waals surface area (Å²) >= 11 is 0. The number of carbonyl (C=O) groups excluding carboxylic acids is 1. The van der Waals surface area contributed by atoms with Gasteiger partial charge in [0.15, 0.2) is 5.78 Å². The van der Waals surface area contributed by atoms with Crippen LogP contribution in [0.2, 0.25) is 0 Å². The molecule has 0 spiro atoms. The molecule has 5 heteroatoms. The number of halogens is 2. The predicted octanol–water partition coefficient (Wildman–Crippen LogP) is -0.604. The standard InChI is InChI=1S/C19H22FNO2.ClH/c1-13-3-5-15(6-4-13)18(22)11-12-21-14(2)19(23)16-7-9-17(20)10-8-16;/h3-10,14,19,21,23H,11-12H2,1-2H3;1H. The lowest BCUT2D eigenvalue weighted by Gasteiger charge is -2.17. The molecule has 2 unspecified atom stereocenters. The second-order valence-corrected chi connectivity index (χ2v) is 5.92. The first kappa shape index (κ1) is 20.3. The second kappa shape index (κ2) is 9.52. The lowest BCUT2D eigenvalue weighted by atomic mass is 10.0. The number of aliphatic hydroxyl groups excluding tert-OH is 1. The highest BCUT2D eigenvalue weighted by atomic mass is 35.5. The molecule has 0 amide bonds. The van der Waals surface area contributed by atoms with Gasteiger partial charge in [0.25, 0.3) is 0 Å². The summed E-state index contributed by atoms with van der Waals surface area (Å²) in [4.78, 5) is 12.1. The van der Waals surface area contributed by atoms with Crippen LogP contribution in [0.4, 0.5) is 4.39 Å². The fourth-order valence-corrected chi connectivity index (χ4v) is 2.45. The molecule has 3 nitrogen and oxygen atoms in total. The van der Waals surface area contributed by atoms with E-state index in [4.69, 9.17) is 0 Å². The van der Waals surface area contributed by atoms with Gasteiger partial charge in [-0.2, -0.15) is 0 Å². The van der Waals surface area contributed by atoms with Gasteiger partial charge in [-0.25, -0.2) is 4.39 Å². The number of Topliss-reactive ketones (excluding diaryl/α,β-unsaturated/α-hetero) is 1. The van der Waals surface area contributed by atoms with Crippen molar-refractivity contribution in [3.63, 3.8) is 0 Å². The van der Waals surface area contributed by atoms with Crippen molar-refractivity contribution in [3.8, 4) is 0 Å². The number of hydrogen-bond acceptors (Lipinski definition) is 2. The normalized spacial score (nSPS) is 13.0. The van der Waals surface area contributed by atoms with Crippen LogP contribution in [-0.2, 0) is 0 Å². The molecule has 0 aromatic heterocycles. The summed E-state index contributed by atoms with van der Waals surface area (Å²) in [5.41, 5.74) is 2.53. The molecule has 3 N–H and O–H groups in total. The lowest BCUT2D eigenvalue weighted by molar-refractivity contribution is -0.693. The summed E-state index contributed by atoms with van der Waals surface area (Å²) in [6.45, 7) is 4.48. The fourth-order valence-electron chi connectivity index (χ4n) is 2.45. The molecule has 0 heterocycles. The highest BCUT2D eigenvalue weighted by Gasteiger charge is 2.19. The minimum Gasteiger partial charge on any atom is -1.00 e. The quantitative estimate of drug-likeness (QED) is 0.654. The molecule has 130 valence electrons. The zero-order chi connectivity index (χ0) is 16.8. The van der Waals surface area contributed by atoms with Gasteiger partial charge in [-0.3, -0.25) is 4.79 Å². The van der Waals surface area contributed by atoms with Crippen molar-refractivity contribution in [3.05, 3.63) is 71.0 Å². The third kappa shape index (κ3) is 5.71. The first-order valence-electron chi connectivity index (χ1n) is 7.84. The van der Waals surface area contributed by atoms with Gasteiger partial charge >= 0.3 is 0 Å². The molecule has 0 aliphatic heterocycles. The number of ketones is 1. The number of carbonyl (C=O) groups is 1. The molecule has 0 saturated heterocycles. The Bertz CT molecular complexity index is 643. The molecule has 2 rings (SSSR count). The van der Waals surface area contributed by atoms with E-state index < -0.39 is 6.10 Å². The highest BCUT2D eigenvalue weighted by Crippen LogP contribution is 2.15. The van der Waals surface area contributed by atoms with Crippen molar-refractivity contribution in [2.24, 2.45) is 0 Å². The van der Waals surface area contributed by atoms with Crippen molar-refractivity contribution in [2.75, 3.05) is 6.54 Å². The smallest absolute Gasteiger partial charge is 0.168 e. The maximum atomic E-state index is 12.9. The minimum absolute atomic E-state index is 0. The first-order chi connectivity index (χ1) is 11.0. The Labute approximate surface area is 148 Å². The molecule has 2 aromatic carbocycles. The molecule has 0 bridgehead atoms. The van der Waals surface area contributed by atoms with Crippen molar-refractivity contribution in [1.29, 1.82) is 0 Å². The van der Waals surface area contributed by atoms with Crippen LogP contribution in [-0.4, -0.2) is 23.5 Å². The predicted molar refractivity (Wildman–Crippen MR) is 87.7 cm³/mol. The molecule has 2 atom stereocenters. The number of aliphatic hydroxyl groups is 1. The van der Waals surface area contributed by atoms with E-state index in [1.807, 2.05) is 43.4 Å². The average Bonchev–Trinajstić information content (AvgIpc) is 2.55. The van der Waals surface area contributed by atoms with Crippen molar-refractivity contribution in [2.45, 2.75) is 32.4 Å². The van der Waals surface area contributed by atoms with Crippen molar-refractivity contribution >= 4 is 5.78 Å². The molecule has 0 saturated carbocycles. The third-order valence-corrected chi connectivity index (χ3v) is 3.99. The van der Waals surface area contributed by atoms with Crippen LogP contribution in [0.5, 0.6) is 0 Å². The Balaban J connectivity index is 0.00000288. The molecule has 0 fully saturated rings. The number of aryl methyl sites for hydroxylation is 1. The zero-order valence-corrected chi connectivity index (χ0v) is 14.6. The summed E-state index contributed by atoms with van der Waals surface area (Å²) in [5, 5.41) is 12.2. The summed E-state index contributed by atoms with van der Waals surface area (Å²) < 4.78 is 12.9. The largest absolute Gasteiger partial charge is 1.00 e. The number of benzene rings is 2. The van der Waals surface area contributed by atoms with Gasteiger partial charge in [0.1, 0.15) is 18.0 Å². The molecular formula is C19H23ClFNO2. The van der Waals surface area contributed by atoms with E-state index in [0.717, 1.165) is 11.1 Å². The Morgan fingerprint density at radius 1 is 1.12 bits per heavy atom. The Morgan fingerprint density at radius 2 is 1.71 bits per heavy atom. The number of rotatable bonds is 7. The fraction of sp³-hybridized carbons (Fsp3) is 0.316. The third-order valence-electron chi connectivity index (χ3n) is 3.99. The Morgan fingerprint density at radius 3 is 2.29 bits per heavy atom. The van der Waals surface area contributed by atoms with E-state index in [2.05, 4.69) is 0 Å². The number of hydrogen-bond donors (Lipinski definition) is 2. The van der Waals surface area contributed by atoms with E-state index >= 15 is 0 Å². The molecule has 0 radical (unpaired) electrons. The number of quaternary nitrogens is 1. The van der Waals surface area contributed by atoms with Crippen LogP contribution >= 0.6 is 0 Å². The maximum Gasteiger partial charge on any atom is 0.168 e. The van der Waals surface area contributed by atoms with Gasteiger partial charge < -0.3 is 22.8 Å². The van der Waals surface area contributed by atoms with Crippen LogP contribution in [0, 0.1) is 12.7 Å². The van der Waals surface area contributed by atoms with Gasteiger partial charge in [-0.1, -0.05) is 42.0 Å². The molecule has 2 aromatic rings. The Hall–Kier alpha value is -1.75. The monoisotopic (exact) mass is 351 g/mol. The zero-order valence-electron chi connectivity index (χ0n) is 13.9. The molecule has 0 aliphatic carbocycles. The van der Waals surface area contributed by atoms with E-state index in [-0.39, 0.29) is 30.0 Å². The van der Waals surface area contributed by atoms with Crippen molar-refractivity contribution in [1.82, 2.24) is 0 Å². The summed E-state index contributed by atoms with van der Waals surface area (Å²) in [6.07, 6.45) is -0.270. The molecule has 0 aliphatic rings. The SMILES string of the molecule is Cc1ccc(C(=O)CC[NH2+]C(C)C(O)c2ccc(F)cc2)cc1.[Cl-]. The Kier molecular flexibility index (Phi) is 8.05. The van der Waals surface area contributed by atoms with E-state index in [1.54, 1.807) is 12.1 Å². The van der Waals surface area contributed by atoms with Crippen LogP contribution in [0.1, 0.15) is 40.9 Å². The van der Waals surface area contributed by atoms with Crippen LogP contribution in [0.25, 0.3) is 0 Å². The summed E-state index contributed by atoms with van der Waals surface area (Å²) in [5.74, 6) is -0.217. The second-order valence-electron chi connectivity index (χ2n) is 5.92. The van der Waals surface area contributed by atoms with Crippen LogP contribution in [0.15, 0.2) is 48.5 Å². The first-order valence-corrected chi connectivity index (χ1v) is 7.84.